The summed E-state index contributed by atoms with van der Waals surface area (Å²) < 4.78 is 21.8. The molecule has 140 valence electrons. The highest BCUT2D eigenvalue weighted by Gasteiger charge is 2.30. The van der Waals surface area contributed by atoms with Gasteiger partial charge in [0.05, 0.1) is 14.2 Å². The number of carbonyl (C=O) groups is 1. The molecular weight excluding hydrogens is 346 g/mol. The van der Waals surface area contributed by atoms with E-state index in [1.54, 1.807) is 32.4 Å². The highest BCUT2D eigenvalue weighted by molar-refractivity contribution is 6.05. The first-order valence-electron chi connectivity index (χ1n) is 8.77. The monoisotopic (exact) mass is 367 g/mol. The van der Waals surface area contributed by atoms with Gasteiger partial charge < -0.3 is 23.8 Å². The Hall–Kier alpha value is -3.15. The number of carbonyl (C=O) groups excluding carboxylic acids is 1. The van der Waals surface area contributed by atoms with Crippen molar-refractivity contribution in [1.82, 2.24) is 0 Å². The SMILES string of the molecule is COc1cc(/C=C/C(=O)N2c3ccccc3C[C@@H]2C)c(OC)c2c1OCO2. The summed E-state index contributed by atoms with van der Waals surface area (Å²) in [6, 6.07) is 9.89. The molecule has 0 aromatic heterocycles. The van der Waals surface area contributed by atoms with E-state index in [2.05, 4.69) is 13.0 Å². The zero-order chi connectivity index (χ0) is 19.0. The third kappa shape index (κ3) is 2.87. The fourth-order valence-corrected chi connectivity index (χ4v) is 3.66. The summed E-state index contributed by atoms with van der Waals surface area (Å²) in [5.74, 6) is 1.98. The van der Waals surface area contributed by atoms with Gasteiger partial charge in [-0.2, -0.15) is 0 Å². The molecule has 0 radical (unpaired) electrons. The maximum Gasteiger partial charge on any atom is 0.251 e. The molecule has 0 saturated heterocycles. The first kappa shape index (κ1) is 17.3. The molecule has 6 heteroatoms. The van der Waals surface area contributed by atoms with E-state index < -0.39 is 0 Å². The topological polar surface area (TPSA) is 57.2 Å². The van der Waals surface area contributed by atoms with Gasteiger partial charge in [-0.25, -0.2) is 0 Å². The van der Waals surface area contributed by atoms with Crippen LogP contribution in [0.5, 0.6) is 23.0 Å². The highest BCUT2D eigenvalue weighted by Crippen LogP contribution is 2.49. The second-order valence-corrected chi connectivity index (χ2v) is 6.49. The maximum atomic E-state index is 12.9. The van der Waals surface area contributed by atoms with Crippen LogP contribution >= 0.6 is 0 Å². The number of hydrogen-bond donors (Lipinski definition) is 0. The molecule has 0 aliphatic carbocycles. The first-order chi connectivity index (χ1) is 13.1. The van der Waals surface area contributed by atoms with Crippen LogP contribution in [0.1, 0.15) is 18.1 Å². The molecule has 2 aromatic carbocycles. The summed E-state index contributed by atoms with van der Waals surface area (Å²) in [6.45, 7) is 2.16. The Morgan fingerprint density at radius 3 is 2.74 bits per heavy atom. The molecule has 1 amide bonds. The Labute approximate surface area is 157 Å². The van der Waals surface area contributed by atoms with E-state index in [-0.39, 0.29) is 18.7 Å². The average molecular weight is 367 g/mol. The quantitative estimate of drug-likeness (QED) is 0.775. The summed E-state index contributed by atoms with van der Waals surface area (Å²) in [6.07, 6.45) is 4.13. The Morgan fingerprint density at radius 1 is 1.19 bits per heavy atom. The standard InChI is InChI=1S/C21H21NO5/c1-13-10-14-6-4-5-7-16(14)22(13)18(23)9-8-15-11-17(24-2)20-21(19(15)25-3)27-12-26-20/h4-9,11,13H,10,12H2,1-3H3/b9-8+/t13-/m0/s1. The predicted molar refractivity (Wildman–Crippen MR) is 102 cm³/mol. The molecule has 1 atom stereocenters. The number of para-hydroxylation sites is 1. The lowest BCUT2D eigenvalue weighted by Gasteiger charge is -2.21. The van der Waals surface area contributed by atoms with Crippen molar-refractivity contribution in [3.63, 3.8) is 0 Å². The molecule has 2 aliphatic heterocycles. The molecule has 2 aromatic rings. The highest BCUT2D eigenvalue weighted by atomic mass is 16.7. The van der Waals surface area contributed by atoms with Crippen LogP contribution < -0.4 is 23.8 Å². The molecular formula is C21H21NO5. The number of anilines is 1. The van der Waals surface area contributed by atoms with Crippen molar-refractivity contribution < 1.29 is 23.7 Å². The van der Waals surface area contributed by atoms with Crippen LogP contribution in [0.25, 0.3) is 6.08 Å². The summed E-state index contributed by atoms with van der Waals surface area (Å²) in [4.78, 5) is 14.7. The fraction of sp³-hybridized carbons (Fsp3) is 0.286. The van der Waals surface area contributed by atoms with Gasteiger partial charge in [0.15, 0.2) is 11.5 Å². The smallest absolute Gasteiger partial charge is 0.251 e. The second kappa shape index (κ2) is 6.87. The second-order valence-electron chi connectivity index (χ2n) is 6.49. The summed E-state index contributed by atoms with van der Waals surface area (Å²) in [5.41, 5.74) is 2.84. The van der Waals surface area contributed by atoms with Gasteiger partial charge in [-0.1, -0.05) is 18.2 Å². The minimum atomic E-state index is -0.0777. The molecule has 0 spiro atoms. The molecule has 0 unspecified atom stereocenters. The van der Waals surface area contributed by atoms with E-state index in [4.69, 9.17) is 18.9 Å². The van der Waals surface area contributed by atoms with Gasteiger partial charge in [0, 0.05) is 23.4 Å². The minimum Gasteiger partial charge on any atom is -0.493 e. The van der Waals surface area contributed by atoms with Crippen molar-refractivity contribution in [2.24, 2.45) is 0 Å². The number of rotatable bonds is 4. The number of methoxy groups -OCH3 is 2. The van der Waals surface area contributed by atoms with Crippen LogP contribution in [0.3, 0.4) is 0 Å². The normalized spacial score (nSPS) is 17.3. The lowest BCUT2D eigenvalue weighted by atomic mass is 10.1. The van der Waals surface area contributed by atoms with Gasteiger partial charge in [0.2, 0.25) is 18.3 Å². The van der Waals surface area contributed by atoms with E-state index in [9.17, 15) is 4.79 Å². The molecule has 27 heavy (non-hydrogen) atoms. The Bertz CT molecular complexity index is 921. The third-order valence-corrected chi connectivity index (χ3v) is 4.87. The predicted octanol–water partition coefficient (Wildman–Crippen LogP) is 3.42. The number of ether oxygens (including phenoxy) is 4. The van der Waals surface area contributed by atoms with E-state index in [0.717, 1.165) is 12.1 Å². The van der Waals surface area contributed by atoms with Crippen LogP contribution in [0.2, 0.25) is 0 Å². The zero-order valence-corrected chi connectivity index (χ0v) is 15.5. The van der Waals surface area contributed by atoms with Crippen molar-refractivity contribution in [2.45, 2.75) is 19.4 Å². The van der Waals surface area contributed by atoms with Gasteiger partial charge in [-0.15, -0.1) is 0 Å². The lowest BCUT2D eigenvalue weighted by Crippen LogP contribution is -2.34. The molecule has 2 aliphatic rings. The van der Waals surface area contributed by atoms with Crippen LogP contribution in [0.4, 0.5) is 5.69 Å². The van der Waals surface area contributed by atoms with Gasteiger partial charge in [0.25, 0.3) is 5.91 Å². The maximum absolute atomic E-state index is 12.9. The fourth-order valence-electron chi connectivity index (χ4n) is 3.66. The van der Waals surface area contributed by atoms with Crippen molar-refractivity contribution in [3.8, 4) is 23.0 Å². The van der Waals surface area contributed by atoms with E-state index >= 15 is 0 Å². The molecule has 6 nitrogen and oxygen atoms in total. The molecule has 0 N–H and O–H groups in total. The largest absolute Gasteiger partial charge is 0.493 e. The lowest BCUT2D eigenvalue weighted by molar-refractivity contribution is -0.114. The van der Waals surface area contributed by atoms with Crippen molar-refractivity contribution in [2.75, 3.05) is 25.9 Å². The van der Waals surface area contributed by atoms with Crippen LogP contribution in [-0.4, -0.2) is 33.0 Å². The minimum absolute atomic E-state index is 0.0777. The summed E-state index contributed by atoms with van der Waals surface area (Å²) in [5, 5.41) is 0. The van der Waals surface area contributed by atoms with Crippen LogP contribution in [-0.2, 0) is 11.2 Å². The number of benzene rings is 2. The Morgan fingerprint density at radius 2 is 1.96 bits per heavy atom. The van der Waals surface area contributed by atoms with E-state index in [0.29, 0.717) is 28.6 Å². The van der Waals surface area contributed by atoms with E-state index in [1.165, 1.54) is 5.56 Å². The van der Waals surface area contributed by atoms with Crippen molar-refractivity contribution in [1.29, 1.82) is 0 Å². The van der Waals surface area contributed by atoms with Gasteiger partial charge in [0.1, 0.15) is 0 Å². The van der Waals surface area contributed by atoms with Crippen molar-refractivity contribution >= 4 is 17.7 Å². The molecule has 4 rings (SSSR count). The van der Waals surface area contributed by atoms with Gasteiger partial charge >= 0.3 is 0 Å². The Balaban J connectivity index is 1.66. The van der Waals surface area contributed by atoms with Crippen LogP contribution in [0.15, 0.2) is 36.4 Å². The van der Waals surface area contributed by atoms with Crippen LogP contribution in [0, 0.1) is 0 Å². The van der Waals surface area contributed by atoms with Gasteiger partial charge in [-0.3, -0.25) is 4.79 Å². The van der Waals surface area contributed by atoms with Gasteiger partial charge in [-0.05, 0) is 37.1 Å². The molecule has 0 fully saturated rings. The Kier molecular flexibility index (Phi) is 4.39. The molecule has 0 saturated carbocycles. The zero-order valence-electron chi connectivity index (χ0n) is 15.5. The summed E-state index contributed by atoms with van der Waals surface area (Å²) >= 11 is 0. The first-order valence-corrected chi connectivity index (χ1v) is 8.77. The average Bonchev–Trinajstić information content (AvgIpc) is 3.28. The van der Waals surface area contributed by atoms with E-state index in [1.807, 2.05) is 23.1 Å². The number of amides is 1. The molecule has 2 heterocycles. The number of nitrogens with zero attached hydrogens (tertiary/aromatic N) is 1. The molecule has 0 bridgehead atoms. The summed E-state index contributed by atoms with van der Waals surface area (Å²) in [7, 11) is 3.12. The van der Waals surface area contributed by atoms with Crippen molar-refractivity contribution in [3.05, 3.63) is 47.5 Å². The number of hydrogen-bond acceptors (Lipinski definition) is 5. The number of fused-ring (bicyclic) bond motifs is 2. The third-order valence-electron chi connectivity index (χ3n) is 4.87.